The standard InChI is InChI=1S/C13H24N4O3/c18-17(19)13-4-3-11(7-15-13)16-5-6-20-12(9-16)8-14-10-1-2-10/h10-15H,1-9H2/t11?,12-,13?/m1/s1. The van der Waals surface area contributed by atoms with Crippen molar-refractivity contribution in [3.8, 4) is 0 Å². The highest BCUT2D eigenvalue weighted by Gasteiger charge is 2.33. The summed E-state index contributed by atoms with van der Waals surface area (Å²) >= 11 is 0. The number of rotatable bonds is 5. The number of piperidine rings is 1. The first-order valence-corrected chi connectivity index (χ1v) is 7.68. The Labute approximate surface area is 119 Å². The van der Waals surface area contributed by atoms with Crippen LogP contribution in [0.3, 0.4) is 0 Å². The lowest BCUT2D eigenvalue weighted by Crippen LogP contribution is -2.57. The van der Waals surface area contributed by atoms with Gasteiger partial charge >= 0.3 is 0 Å². The van der Waals surface area contributed by atoms with Crippen LogP contribution >= 0.6 is 0 Å². The zero-order valence-electron chi connectivity index (χ0n) is 11.8. The summed E-state index contributed by atoms with van der Waals surface area (Å²) < 4.78 is 5.80. The third-order valence-electron chi connectivity index (χ3n) is 4.52. The molecular weight excluding hydrogens is 260 g/mol. The van der Waals surface area contributed by atoms with Gasteiger partial charge in [0.1, 0.15) is 0 Å². The summed E-state index contributed by atoms with van der Waals surface area (Å²) in [6.07, 6.45) is 3.83. The van der Waals surface area contributed by atoms with E-state index in [1.807, 2.05) is 0 Å². The molecule has 20 heavy (non-hydrogen) atoms. The van der Waals surface area contributed by atoms with Crippen LogP contribution in [-0.4, -0.2) is 67.0 Å². The molecule has 3 rings (SSSR count). The molecule has 1 saturated carbocycles. The number of nitro groups is 1. The quantitative estimate of drug-likeness (QED) is 0.537. The minimum Gasteiger partial charge on any atom is -0.374 e. The molecule has 2 saturated heterocycles. The summed E-state index contributed by atoms with van der Waals surface area (Å²) in [7, 11) is 0. The maximum absolute atomic E-state index is 10.7. The maximum atomic E-state index is 10.7. The predicted octanol–water partition coefficient (Wildman–Crippen LogP) is -0.206. The van der Waals surface area contributed by atoms with Gasteiger partial charge in [-0.05, 0) is 19.3 Å². The van der Waals surface area contributed by atoms with Crippen molar-refractivity contribution in [1.29, 1.82) is 0 Å². The molecule has 0 spiro atoms. The SMILES string of the molecule is O=[N+]([O-])C1CCC(N2CCO[C@H](CNC3CC3)C2)CN1. The van der Waals surface area contributed by atoms with Crippen LogP contribution in [0, 0.1) is 10.1 Å². The second kappa shape index (κ2) is 6.34. The average Bonchev–Trinajstić information content (AvgIpc) is 3.30. The van der Waals surface area contributed by atoms with E-state index in [-0.39, 0.29) is 11.0 Å². The van der Waals surface area contributed by atoms with E-state index in [4.69, 9.17) is 4.74 Å². The molecule has 7 nitrogen and oxygen atoms in total. The van der Waals surface area contributed by atoms with Crippen molar-refractivity contribution in [3.63, 3.8) is 0 Å². The predicted molar refractivity (Wildman–Crippen MR) is 74.1 cm³/mol. The number of nitrogens with one attached hydrogen (secondary N) is 2. The first kappa shape index (κ1) is 14.2. The number of hydrogen-bond acceptors (Lipinski definition) is 6. The van der Waals surface area contributed by atoms with Crippen LogP contribution < -0.4 is 10.6 Å². The van der Waals surface area contributed by atoms with Crippen molar-refractivity contribution in [2.24, 2.45) is 0 Å². The molecule has 3 aliphatic rings. The molecule has 114 valence electrons. The lowest BCUT2D eigenvalue weighted by Gasteiger charge is -2.40. The highest BCUT2D eigenvalue weighted by Crippen LogP contribution is 2.20. The summed E-state index contributed by atoms with van der Waals surface area (Å²) in [4.78, 5) is 13.0. The molecule has 2 N–H and O–H groups in total. The Bertz CT molecular complexity index is 343. The van der Waals surface area contributed by atoms with Gasteiger partial charge in [0, 0.05) is 49.6 Å². The first-order valence-electron chi connectivity index (χ1n) is 7.68. The summed E-state index contributed by atoms with van der Waals surface area (Å²) in [5.74, 6) is 0. The fraction of sp³-hybridized carbons (Fsp3) is 1.00. The summed E-state index contributed by atoms with van der Waals surface area (Å²) in [6, 6.07) is 1.13. The molecule has 0 bridgehead atoms. The van der Waals surface area contributed by atoms with Crippen molar-refractivity contribution < 1.29 is 9.66 Å². The lowest BCUT2D eigenvalue weighted by atomic mass is 10.0. The number of hydrogen-bond donors (Lipinski definition) is 2. The van der Waals surface area contributed by atoms with Gasteiger partial charge in [-0.2, -0.15) is 0 Å². The molecule has 2 unspecified atom stereocenters. The third-order valence-corrected chi connectivity index (χ3v) is 4.52. The van der Waals surface area contributed by atoms with Gasteiger partial charge in [0.2, 0.25) is 0 Å². The minimum atomic E-state index is -0.556. The number of nitrogens with zero attached hydrogens (tertiary/aromatic N) is 2. The Morgan fingerprint density at radius 3 is 2.85 bits per heavy atom. The van der Waals surface area contributed by atoms with Gasteiger partial charge in [-0.3, -0.25) is 20.3 Å². The second-order valence-electron chi connectivity index (χ2n) is 6.11. The fourth-order valence-corrected chi connectivity index (χ4v) is 3.10. The zero-order chi connectivity index (χ0) is 13.9. The van der Waals surface area contributed by atoms with Gasteiger partial charge in [-0.15, -0.1) is 0 Å². The average molecular weight is 284 g/mol. The number of ether oxygens (including phenoxy) is 1. The largest absolute Gasteiger partial charge is 0.374 e. The molecular formula is C13H24N4O3. The molecule has 0 radical (unpaired) electrons. The molecule has 0 aromatic heterocycles. The second-order valence-corrected chi connectivity index (χ2v) is 6.11. The Kier molecular flexibility index (Phi) is 4.50. The molecule has 0 aromatic carbocycles. The fourth-order valence-electron chi connectivity index (χ4n) is 3.10. The van der Waals surface area contributed by atoms with E-state index in [9.17, 15) is 10.1 Å². The Morgan fingerprint density at radius 1 is 1.35 bits per heavy atom. The molecule has 0 aromatic rings. The van der Waals surface area contributed by atoms with E-state index in [2.05, 4.69) is 15.5 Å². The van der Waals surface area contributed by atoms with E-state index in [0.717, 1.165) is 32.7 Å². The van der Waals surface area contributed by atoms with Crippen LogP contribution in [0.15, 0.2) is 0 Å². The molecule has 0 amide bonds. The third kappa shape index (κ3) is 3.66. The van der Waals surface area contributed by atoms with Crippen LogP contribution in [0.5, 0.6) is 0 Å². The zero-order valence-corrected chi connectivity index (χ0v) is 11.8. The van der Waals surface area contributed by atoms with Crippen LogP contribution in [0.2, 0.25) is 0 Å². The summed E-state index contributed by atoms with van der Waals surface area (Å²) in [5.41, 5.74) is 0. The van der Waals surface area contributed by atoms with Gasteiger partial charge < -0.3 is 10.1 Å². The Hall–Kier alpha value is -0.760. The summed E-state index contributed by atoms with van der Waals surface area (Å²) in [5, 5.41) is 17.3. The number of morpholine rings is 1. The van der Waals surface area contributed by atoms with Gasteiger partial charge in [0.05, 0.1) is 12.7 Å². The maximum Gasteiger partial charge on any atom is 0.266 e. The Balaban J connectivity index is 1.43. The highest BCUT2D eigenvalue weighted by molar-refractivity contribution is 4.87. The van der Waals surface area contributed by atoms with Gasteiger partial charge in [0.15, 0.2) is 0 Å². The van der Waals surface area contributed by atoms with Crippen molar-refractivity contribution in [3.05, 3.63) is 10.1 Å². The molecule has 1 aliphatic carbocycles. The summed E-state index contributed by atoms with van der Waals surface area (Å²) in [6.45, 7) is 4.30. The van der Waals surface area contributed by atoms with Crippen molar-refractivity contribution in [2.75, 3.05) is 32.8 Å². The smallest absolute Gasteiger partial charge is 0.266 e. The first-order chi connectivity index (χ1) is 9.72. The topological polar surface area (TPSA) is 79.7 Å². The van der Waals surface area contributed by atoms with Crippen LogP contribution in [-0.2, 0) is 4.74 Å². The van der Waals surface area contributed by atoms with Crippen molar-refractivity contribution in [2.45, 2.75) is 50.0 Å². The molecule has 2 aliphatic heterocycles. The van der Waals surface area contributed by atoms with E-state index in [1.165, 1.54) is 12.8 Å². The molecule has 2 heterocycles. The van der Waals surface area contributed by atoms with E-state index < -0.39 is 6.17 Å². The van der Waals surface area contributed by atoms with Crippen LogP contribution in [0.25, 0.3) is 0 Å². The van der Waals surface area contributed by atoms with Crippen LogP contribution in [0.4, 0.5) is 0 Å². The molecule has 3 atom stereocenters. The van der Waals surface area contributed by atoms with Gasteiger partial charge in [-0.1, -0.05) is 0 Å². The molecule has 7 heteroatoms. The molecule has 3 fully saturated rings. The van der Waals surface area contributed by atoms with Gasteiger partial charge in [-0.25, -0.2) is 0 Å². The van der Waals surface area contributed by atoms with Crippen molar-refractivity contribution in [1.82, 2.24) is 15.5 Å². The van der Waals surface area contributed by atoms with Gasteiger partial charge in [0.25, 0.3) is 6.17 Å². The lowest BCUT2D eigenvalue weighted by molar-refractivity contribution is -0.532. The van der Waals surface area contributed by atoms with E-state index >= 15 is 0 Å². The van der Waals surface area contributed by atoms with E-state index in [1.54, 1.807) is 0 Å². The monoisotopic (exact) mass is 284 g/mol. The van der Waals surface area contributed by atoms with Crippen molar-refractivity contribution >= 4 is 0 Å². The van der Waals surface area contributed by atoms with E-state index in [0.29, 0.717) is 25.0 Å². The minimum absolute atomic E-state index is 0.210. The highest BCUT2D eigenvalue weighted by atomic mass is 16.6. The Morgan fingerprint density at radius 2 is 2.20 bits per heavy atom. The normalized spacial score (nSPS) is 35.9. The van der Waals surface area contributed by atoms with Crippen LogP contribution in [0.1, 0.15) is 25.7 Å².